The molecular weight excluding hydrogens is 322 g/mol. The normalized spacial score (nSPS) is 21.5. The molecule has 1 fully saturated rings. The van der Waals surface area contributed by atoms with Gasteiger partial charge in [0.15, 0.2) is 0 Å². The zero-order valence-electron chi connectivity index (χ0n) is 13.5. The van der Waals surface area contributed by atoms with E-state index in [0.29, 0.717) is 22.7 Å². The topological polar surface area (TPSA) is 57.5 Å². The molecule has 2 N–H and O–H groups in total. The number of oxime groups is 1. The lowest BCUT2D eigenvalue weighted by Gasteiger charge is -2.28. The first-order chi connectivity index (χ1) is 11.7. The summed E-state index contributed by atoms with van der Waals surface area (Å²) in [6.45, 7) is 0. The largest absolute Gasteiger partial charge is 0.409 e. The van der Waals surface area contributed by atoms with Crippen LogP contribution >= 0.6 is 11.6 Å². The second-order valence-corrected chi connectivity index (χ2v) is 6.79. The number of hydrogen-bond acceptors (Lipinski definition) is 3. The molecule has 0 atom stereocenters. The second kappa shape index (κ2) is 8.15. The van der Waals surface area contributed by atoms with Crippen LogP contribution in [0.5, 0.6) is 0 Å². The van der Waals surface area contributed by atoms with Gasteiger partial charge in [-0.3, -0.25) is 4.98 Å². The van der Waals surface area contributed by atoms with Crippen molar-refractivity contribution in [3.63, 3.8) is 0 Å². The van der Waals surface area contributed by atoms with Gasteiger partial charge in [0.25, 0.3) is 0 Å². The van der Waals surface area contributed by atoms with Gasteiger partial charge in [-0.05, 0) is 61.9 Å². The second-order valence-electron chi connectivity index (χ2n) is 6.36. The highest BCUT2D eigenvalue weighted by Crippen LogP contribution is 2.36. The molecule has 0 spiro atoms. The van der Waals surface area contributed by atoms with Crippen LogP contribution in [0, 0.1) is 5.92 Å². The maximum Gasteiger partial charge on any atom is 0.146 e. The number of halogens is 1. The van der Waals surface area contributed by atoms with Gasteiger partial charge in [0, 0.05) is 34.9 Å². The van der Waals surface area contributed by atoms with Gasteiger partial charge in [0.05, 0.1) is 0 Å². The average Bonchev–Trinajstić information content (AvgIpc) is 2.62. The molecule has 3 rings (SSSR count). The van der Waals surface area contributed by atoms with Crippen LogP contribution in [0.2, 0.25) is 5.02 Å². The summed E-state index contributed by atoms with van der Waals surface area (Å²) < 4.78 is 0. The quantitative estimate of drug-likeness (QED) is 0.343. The number of pyridine rings is 1. The first kappa shape index (κ1) is 16.8. The summed E-state index contributed by atoms with van der Waals surface area (Å²) in [4.78, 5) is 4.48. The molecule has 0 unspecified atom stereocenters. The van der Waals surface area contributed by atoms with Crippen molar-refractivity contribution >= 4 is 23.1 Å². The van der Waals surface area contributed by atoms with Crippen LogP contribution < -0.4 is 5.32 Å². The lowest BCUT2D eigenvalue weighted by Crippen LogP contribution is -2.21. The molecule has 1 aliphatic carbocycles. The Morgan fingerprint density at radius 2 is 2.00 bits per heavy atom. The Morgan fingerprint density at radius 1 is 1.17 bits per heavy atom. The Morgan fingerprint density at radius 3 is 2.67 bits per heavy atom. The highest BCUT2D eigenvalue weighted by molar-refractivity contribution is 6.30. The van der Waals surface area contributed by atoms with Crippen molar-refractivity contribution < 1.29 is 5.21 Å². The third-order valence-corrected chi connectivity index (χ3v) is 4.90. The third kappa shape index (κ3) is 4.48. The van der Waals surface area contributed by atoms with E-state index in [-0.39, 0.29) is 0 Å². The summed E-state index contributed by atoms with van der Waals surface area (Å²) in [7, 11) is 0. The van der Waals surface area contributed by atoms with E-state index in [0.717, 1.165) is 37.8 Å². The molecule has 0 saturated heterocycles. The van der Waals surface area contributed by atoms with Gasteiger partial charge in [-0.15, -0.1) is 0 Å². The SMILES string of the molecule is O/N=C(\CC1CCC(c2ccccn2)CC1)Nc1cccc(Cl)c1. The zero-order valence-corrected chi connectivity index (χ0v) is 14.3. The Hall–Kier alpha value is -2.07. The fourth-order valence-corrected chi connectivity index (χ4v) is 3.59. The molecule has 126 valence electrons. The van der Waals surface area contributed by atoms with E-state index in [1.807, 2.05) is 36.5 Å². The van der Waals surface area contributed by atoms with Crippen LogP contribution in [0.4, 0.5) is 5.69 Å². The molecule has 0 bridgehead atoms. The van der Waals surface area contributed by atoms with E-state index in [4.69, 9.17) is 11.6 Å². The van der Waals surface area contributed by atoms with E-state index < -0.39 is 0 Å². The van der Waals surface area contributed by atoms with Gasteiger partial charge in [0.1, 0.15) is 5.84 Å². The molecule has 0 aliphatic heterocycles. The van der Waals surface area contributed by atoms with E-state index in [1.54, 1.807) is 0 Å². The first-order valence-corrected chi connectivity index (χ1v) is 8.77. The molecule has 1 heterocycles. The summed E-state index contributed by atoms with van der Waals surface area (Å²) in [5.41, 5.74) is 2.04. The van der Waals surface area contributed by atoms with Gasteiger partial charge in [-0.25, -0.2) is 0 Å². The molecule has 0 amide bonds. The van der Waals surface area contributed by atoms with Gasteiger partial charge >= 0.3 is 0 Å². The summed E-state index contributed by atoms with van der Waals surface area (Å²) in [6, 6.07) is 13.6. The molecule has 1 aromatic heterocycles. The van der Waals surface area contributed by atoms with E-state index in [2.05, 4.69) is 27.6 Å². The van der Waals surface area contributed by atoms with Gasteiger partial charge in [-0.2, -0.15) is 0 Å². The molecule has 0 radical (unpaired) electrons. The number of anilines is 1. The third-order valence-electron chi connectivity index (χ3n) is 4.67. The number of nitrogens with zero attached hydrogens (tertiary/aromatic N) is 2. The molecule has 1 aliphatic rings. The van der Waals surface area contributed by atoms with Crippen molar-refractivity contribution in [2.24, 2.45) is 11.1 Å². The summed E-state index contributed by atoms with van der Waals surface area (Å²) in [6.07, 6.45) is 7.13. The van der Waals surface area contributed by atoms with E-state index in [1.165, 1.54) is 5.69 Å². The smallest absolute Gasteiger partial charge is 0.146 e. The molecule has 5 heteroatoms. The fraction of sp³-hybridized carbons (Fsp3) is 0.368. The lowest BCUT2D eigenvalue weighted by atomic mass is 9.79. The maximum atomic E-state index is 9.30. The number of hydrogen-bond donors (Lipinski definition) is 2. The van der Waals surface area contributed by atoms with Crippen LogP contribution in [0.15, 0.2) is 53.8 Å². The number of aromatic nitrogens is 1. The fourth-order valence-electron chi connectivity index (χ4n) is 3.40. The molecule has 4 nitrogen and oxygen atoms in total. The monoisotopic (exact) mass is 343 g/mol. The van der Waals surface area contributed by atoms with Crippen LogP contribution in [0.3, 0.4) is 0 Å². The van der Waals surface area contributed by atoms with E-state index >= 15 is 0 Å². The van der Waals surface area contributed by atoms with Crippen LogP contribution in [-0.2, 0) is 0 Å². The average molecular weight is 344 g/mol. The number of rotatable bonds is 4. The van der Waals surface area contributed by atoms with Crippen molar-refractivity contribution in [1.82, 2.24) is 4.98 Å². The molecule has 1 aromatic carbocycles. The Balaban J connectivity index is 1.53. The highest BCUT2D eigenvalue weighted by Gasteiger charge is 2.24. The lowest BCUT2D eigenvalue weighted by molar-refractivity contribution is 0.305. The summed E-state index contributed by atoms with van der Waals surface area (Å²) in [5.74, 6) is 1.68. The molecule has 1 saturated carbocycles. The predicted molar refractivity (Wildman–Crippen MR) is 97.8 cm³/mol. The van der Waals surface area contributed by atoms with E-state index in [9.17, 15) is 5.21 Å². The van der Waals surface area contributed by atoms with Crippen molar-refractivity contribution in [3.05, 3.63) is 59.4 Å². The number of amidine groups is 1. The van der Waals surface area contributed by atoms with Gasteiger partial charge in [0.2, 0.25) is 0 Å². The maximum absolute atomic E-state index is 9.30. The van der Waals surface area contributed by atoms with Crippen LogP contribution in [0.1, 0.15) is 43.7 Å². The minimum atomic E-state index is 0.530. The first-order valence-electron chi connectivity index (χ1n) is 8.39. The molecule has 24 heavy (non-hydrogen) atoms. The van der Waals surface area contributed by atoms with Gasteiger partial charge < -0.3 is 10.5 Å². The molecule has 2 aromatic rings. The van der Waals surface area contributed by atoms with Gasteiger partial charge in [-0.1, -0.05) is 28.9 Å². The Labute approximate surface area is 147 Å². The van der Waals surface area contributed by atoms with Crippen molar-refractivity contribution in [1.29, 1.82) is 0 Å². The Kier molecular flexibility index (Phi) is 5.70. The number of benzene rings is 1. The van der Waals surface area contributed by atoms with Crippen LogP contribution in [-0.4, -0.2) is 16.0 Å². The minimum absolute atomic E-state index is 0.530. The predicted octanol–water partition coefficient (Wildman–Crippen LogP) is 5.30. The van der Waals surface area contributed by atoms with Crippen LogP contribution in [0.25, 0.3) is 0 Å². The standard InChI is InChI=1S/C19H22ClN3O/c20-16-4-3-5-17(13-16)22-19(23-24)12-14-7-9-15(10-8-14)18-6-1-2-11-21-18/h1-6,11,13-15,24H,7-10,12H2,(H,22,23). The number of nitrogens with one attached hydrogen (secondary N) is 1. The summed E-state index contributed by atoms with van der Waals surface area (Å²) >= 11 is 5.99. The minimum Gasteiger partial charge on any atom is -0.409 e. The molecular formula is C19H22ClN3O. The Bertz CT molecular complexity index is 682. The summed E-state index contributed by atoms with van der Waals surface area (Å²) in [5, 5.41) is 16.6. The zero-order chi connectivity index (χ0) is 16.8. The van der Waals surface area contributed by atoms with Crippen molar-refractivity contribution in [2.75, 3.05) is 5.32 Å². The van der Waals surface area contributed by atoms with Crippen molar-refractivity contribution in [3.8, 4) is 0 Å². The highest BCUT2D eigenvalue weighted by atomic mass is 35.5. The van der Waals surface area contributed by atoms with Crippen molar-refractivity contribution in [2.45, 2.75) is 38.0 Å².